The zero-order valence-corrected chi connectivity index (χ0v) is 16.7. The van der Waals surface area contributed by atoms with Crippen LogP contribution in [0.4, 0.5) is 5.69 Å². The third-order valence-corrected chi connectivity index (χ3v) is 7.34. The van der Waals surface area contributed by atoms with Crippen LogP contribution in [0.15, 0.2) is 48.5 Å². The average molecular weight is 397 g/mol. The van der Waals surface area contributed by atoms with Crippen LogP contribution in [0.5, 0.6) is 0 Å². The molecular formula is C21H24N4O2S. The number of imidazole rings is 1. The number of rotatable bonds is 3. The van der Waals surface area contributed by atoms with Gasteiger partial charge >= 0.3 is 0 Å². The predicted octanol–water partition coefficient (Wildman–Crippen LogP) is 2.88. The molecule has 0 radical (unpaired) electrons. The van der Waals surface area contributed by atoms with Gasteiger partial charge in [-0.2, -0.15) is 0 Å². The predicted molar refractivity (Wildman–Crippen MR) is 111 cm³/mol. The van der Waals surface area contributed by atoms with Crippen LogP contribution in [0.2, 0.25) is 0 Å². The fourth-order valence-electron chi connectivity index (χ4n) is 4.74. The first kappa shape index (κ1) is 17.7. The van der Waals surface area contributed by atoms with E-state index in [-0.39, 0.29) is 5.41 Å². The number of hydrogen-bond acceptors (Lipinski definition) is 4. The van der Waals surface area contributed by atoms with Crippen LogP contribution in [0, 0.1) is 0 Å². The molecule has 1 N–H and O–H groups in total. The third-order valence-electron chi connectivity index (χ3n) is 6.22. The van der Waals surface area contributed by atoms with Gasteiger partial charge in [0.05, 0.1) is 29.5 Å². The summed E-state index contributed by atoms with van der Waals surface area (Å²) in [4.78, 5) is 10.5. The van der Waals surface area contributed by atoms with E-state index in [9.17, 15) is 8.42 Å². The molecule has 0 unspecified atom stereocenters. The molecule has 1 aromatic heterocycles. The molecule has 28 heavy (non-hydrogen) atoms. The summed E-state index contributed by atoms with van der Waals surface area (Å²) < 4.78 is 26.2. The number of anilines is 1. The highest BCUT2D eigenvalue weighted by atomic mass is 32.2. The maximum Gasteiger partial charge on any atom is 0.232 e. The number of piperidine rings is 1. The Morgan fingerprint density at radius 2 is 1.79 bits per heavy atom. The number of aromatic nitrogens is 2. The minimum absolute atomic E-state index is 0.0793. The summed E-state index contributed by atoms with van der Waals surface area (Å²) in [5.74, 6) is 0.988. The lowest BCUT2D eigenvalue weighted by atomic mass is 9.74. The van der Waals surface area contributed by atoms with Gasteiger partial charge in [0, 0.05) is 12.0 Å². The van der Waals surface area contributed by atoms with Gasteiger partial charge in [0.2, 0.25) is 10.0 Å². The first-order valence-electron chi connectivity index (χ1n) is 9.68. The fourth-order valence-corrected chi connectivity index (χ4v) is 5.74. The smallest absolute Gasteiger partial charge is 0.232 e. The molecule has 1 spiro atoms. The van der Waals surface area contributed by atoms with E-state index >= 15 is 0 Å². The first-order valence-corrected chi connectivity index (χ1v) is 11.5. The van der Waals surface area contributed by atoms with Gasteiger partial charge in [0.1, 0.15) is 5.82 Å². The van der Waals surface area contributed by atoms with E-state index in [1.54, 1.807) is 4.31 Å². The molecule has 6 nitrogen and oxygen atoms in total. The zero-order valence-electron chi connectivity index (χ0n) is 15.9. The van der Waals surface area contributed by atoms with Gasteiger partial charge in [-0.25, -0.2) is 13.4 Å². The van der Waals surface area contributed by atoms with Crippen LogP contribution < -0.4 is 4.31 Å². The second kappa shape index (κ2) is 6.32. The maximum absolute atomic E-state index is 12.3. The molecule has 0 amide bonds. The molecule has 5 rings (SSSR count). The third kappa shape index (κ3) is 2.89. The monoisotopic (exact) mass is 396 g/mol. The molecule has 1 saturated heterocycles. The quantitative estimate of drug-likeness (QED) is 0.739. The first-order chi connectivity index (χ1) is 13.4. The Kier molecular flexibility index (Phi) is 4.00. The summed E-state index contributed by atoms with van der Waals surface area (Å²) in [5, 5.41) is 0. The summed E-state index contributed by atoms with van der Waals surface area (Å²) in [6.07, 6.45) is 3.21. The van der Waals surface area contributed by atoms with Crippen LogP contribution in [0.1, 0.15) is 24.2 Å². The summed E-state index contributed by atoms with van der Waals surface area (Å²) in [6.45, 7) is 3.22. The Labute approximate surface area is 165 Å². The SMILES string of the molecule is CS(=O)(=O)N1CC2(CCN(Cc3nc4ccccc4[nH]3)CC2)c2ccccc21. The lowest BCUT2D eigenvalue weighted by molar-refractivity contribution is 0.158. The van der Waals surface area contributed by atoms with Gasteiger partial charge in [0.15, 0.2) is 0 Å². The van der Waals surface area contributed by atoms with Crippen LogP contribution in [0.3, 0.4) is 0 Å². The van der Waals surface area contributed by atoms with E-state index < -0.39 is 10.0 Å². The van der Waals surface area contributed by atoms with E-state index in [0.29, 0.717) is 6.54 Å². The minimum atomic E-state index is -3.26. The largest absolute Gasteiger partial charge is 0.341 e. The highest BCUT2D eigenvalue weighted by Crippen LogP contribution is 2.47. The number of H-pyrrole nitrogens is 1. The standard InChI is InChI=1S/C21H24N4O2S/c1-28(26,27)25-15-21(16-6-2-5-9-19(16)25)10-12-24(13-11-21)14-20-22-17-7-3-4-8-18(17)23-20/h2-9H,10-15H2,1H3,(H,22,23). The molecule has 3 aromatic rings. The van der Waals surface area contributed by atoms with Crippen molar-refractivity contribution in [1.29, 1.82) is 0 Å². The highest BCUT2D eigenvalue weighted by Gasteiger charge is 2.46. The normalized spacial score (nSPS) is 19.4. The van der Waals surface area contributed by atoms with Crippen LogP contribution >= 0.6 is 0 Å². The van der Waals surface area contributed by atoms with Gasteiger partial charge in [-0.1, -0.05) is 30.3 Å². The number of sulfonamides is 1. The van der Waals surface area contributed by atoms with Crippen molar-refractivity contribution in [1.82, 2.24) is 14.9 Å². The van der Waals surface area contributed by atoms with Gasteiger partial charge in [0.25, 0.3) is 0 Å². The van der Waals surface area contributed by atoms with Crippen molar-refractivity contribution in [2.75, 3.05) is 30.2 Å². The van der Waals surface area contributed by atoms with Gasteiger partial charge in [-0.3, -0.25) is 9.21 Å². The van der Waals surface area contributed by atoms with Crippen molar-refractivity contribution in [2.45, 2.75) is 24.8 Å². The van der Waals surface area contributed by atoms with Crippen LogP contribution in [-0.4, -0.2) is 49.2 Å². The number of benzene rings is 2. The lowest BCUT2D eigenvalue weighted by Gasteiger charge is -2.39. The zero-order chi connectivity index (χ0) is 19.4. The Hall–Kier alpha value is -2.38. The van der Waals surface area contributed by atoms with Gasteiger partial charge in [-0.15, -0.1) is 0 Å². The molecule has 3 heterocycles. The van der Waals surface area contributed by atoms with E-state index in [1.807, 2.05) is 42.5 Å². The summed E-state index contributed by atoms with van der Waals surface area (Å²) in [6, 6.07) is 16.1. The summed E-state index contributed by atoms with van der Waals surface area (Å²) >= 11 is 0. The molecule has 0 bridgehead atoms. The van der Waals surface area contributed by atoms with Gasteiger partial charge in [-0.05, 0) is 49.7 Å². The number of nitrogens with one attached hydrogen (secondary N) is 1. The van der Waals surface area contributed by atoms with E-state index in [0.717, 1.165) is 55.0 Å². The molecule has 146 valence electrons. The molecular weight excluding hydrogens is 372 g/mol. The highest BCUT2D eigenvalue weighted by molar-refractivity contribution is 7.92. The van der Waals surface area contributed by atoms with Crippen molar-refractivity contribution >= 4 is 26.7 Å². The number of likely N-dealkylation sites (tertiary alicyclic amines) is 1. The number of nitrogens with zero attached hydrogens (tertiary/aromatic N) is 3. The second-order valence-corrected chi connectivity index (χ2v) is 9.95. The number of hydrogen-bond donors (Lipinski definition) is 1. The topological polar surface area (TPSA) is 69.3 Å². The van der Waals surface area contributed by atoms with E-state index in [1.165, 1.54) is 11.8 Å². The molecule has 0 atom stereocenters. The molecule has 1 fully saturated rings. The van der Waals surface area contributed by atoms with Gasteiger partial charge < -0.3 is 4.98 Å². The van der Waals surface area contributed by atoms with Crippen molar-refractivity contribution in [3.05, 3.63) is 59.9 Å². The Morgan fingerprint density at radius 3 is 2.54 bits per heavy atom. The van der Waals surface area contributed by atoms with Crippen LogP contribution in [-0.2, 0) is 22.0 Å². The Bertz CT molecular complexity index is 1100. The van der Waals surface area contributed by atoms with E-state index in [2.05, 4.69) is 16.0 Å². The van der Waals surface area contributed by atoms with Crippen LogP contribution in [0.25, 0.3) is 11.0 Å². The van der Waals surface area contributed by atoms with E-state index in [4.69, 9.17) is 4.98 Å². The number of fused-ring (bicyclic) bond motifs is 3. The molecule has 0 aliphatic carbocycles. The second-order valence-electron chi connectivity index (χ2n) is 8.04. The maximum atomic E-state index is 12.3. The average Bonchev–Trinajstić information content (AvgIpc) is 3.23. The summed E-state index contributed by atoms with van der Waals surface area (Å²) in [7, 11) is -3.26. The number of aromatic amines is 1. The number of para-hydroxylation sites is 3. The van der Waals surface area contributed by atoms with Crippen molar-refractivity contribution in [2.24, 2.45) is 0 Å². The van der Waals surface area contributed by atoms with Crippen molar-refractivity contribution in [3.63, 3.8) is 0 Å². The summed E-state index contributed by atoms with van der Waals surface area (Å²) in [5.41, 5.74) is 4.03. The molecule has 7 heteroatoms. The molecule has 2 aliphatic rings. The minimum Gasteiger partial charge on any atom is -0.341 e. The Morgan fingerprint density at radius 1 is 1.07 bits per heavy atom. The lowest BCUT2D eigenvalue weighted by Crippen LogP contribution is -2.45. The van der Waals surface area contributed by atoms with Crippen molar-refractivity contribution < 1.29 is 8.42 Å². The Balaban J connectivity index is 1.35. The molecule has 2 aliphatic heterocycles. The fraction of sp³-hybridized carbons (Fsp3) is 0.381. The molecule has 0 saturated carbocycles. The molecule has 2 aromatic carbocycles. The van der Waals surface area contributed by atoms with Crippen molar-refractivity contribution in [3.8, 4) is 0 Å².